The van der Waals surface area contributed by atoms with E-state index in [4.69, 9.17) is 4.74 Å². The summed E-state index contributed by atoms with van der Waals surface area (Å²) in [5.74, 6) is 0.00453. The number of nitrogens with one attached hydrogen (secondary N) is 1. The fourth-order valence-corrected chi connectivity index (χ4v) is 2.81. The lowest BCUT2D eigenvalue weighted by atomic mass is 10.00. The van der Waals surface area contributed by atoms with Gasteiger partial charge in [0.05, 0.1) is 7.11 Å². The summed E-state index contributed by atoms with van der Waals surface area (Å²) in [5.41, 5.74) is 0.748. The molecule has 0 unspecified atom stereocenters. The van der Waals surface area contributed by atoms with Gasteiger partial charge in [0.25, 0.3) is 0 Å². The molecule has 1 saturated heterocycles. The molecule has 24 heavy (non-hydrogen) atoms. The molecule has 9 heteroatoms. The number of hydrogen-bond donors (Lipinski definition) is 2. The second-order valence-electron chi connectivity index (χ2n) is 5.27. The van der Waals surface area contributed by atoms with Crippen molar-refractivity contribution in [2.45, 2.75) is 18.8 Å². The van der Waals surface area contributed by atoms with Gasteiger partial charge in [-0.3, -0.25) is 4.90 Å². The van der Waals surface area contributed by atoms with Gasteiger partial charge in [-0.25, -0.2) is 0 Å². The van der Waals surface area contributed by atoms with Crippen molar-refractivity contribution in [1.82, 2.24) is 10.2 Å². The molecule has 0 saturated carbocycles. The van der Waals surface area contributed by atoms with E-state index < -0.39 is 6.36 Å². The molecule has 0 bridgehead atoms. The Morgan fingerprint density at radius 1 is 1.29 bits per heavy atom. The zero-order valence-electron chi connectivity index (χ0n) is 13.3. The number of methoxy groups -OCH3 is 1. The van der Waals surface area contributed by atoms with E-state index in [1.54, 1.807) is 6.07 Å². The van der Waals surface area contributed by atoms with Gasteiger partial charge in [-0.1, -0.05) is 6.07 Å². The van der Waals surface area contributed by atoms with Crippen molar-refractivity contribution in [2.24, 2.45) is 0 Å². The van der Waals surface area contributed by atoms with Gasteiger partial charge in [0.1, 0.15) is 11.5 Å². The Labute approximate surface area is 145 Å². The fraction of sp³-hybridized carbons (Fsp3) is 0.600. The number of halogens is 4. The van der Waals surface area contributed by atoms with Crippen LogP contribution >= 0.6 is 12.4 Å². The lowest BCUT2D eigenvalue weighted by Crippen LogP contribution is -2.45. The molecular weight excluding hydrogens is 349 g/mol. The van der Waals surface area contributed by atoms with Crippen LogP contribution < -0.4 is 14.8 Å². The summed E-state index contributed by atoms with van der Waals surface area (Å²) in [6.07, 6.45) is -4.26. The third-order valence-electron chi connectivity index (χ3n) is 3.79. The van der Waals surface area contributed by atoms with E-state index >= 15 is 0 Å². The standard InChI is InChI=1S/C15H21F3N2O3.ClH/c1-22-14-10-11(23-15(16,17)18)2-3-12(14)13(4-9-21)20-7-5-19-6-8-20;/h2-3,10,13,19,21H,4-9H2,1H3;1H/t13-;/m1./s1. The third kappa shape index (κ3) is 5.70. The van der Waals surface area contributed by atoms with E-state index in [0.29, 0.717) is 12.2 Å². The first-order valence-electron chi connectivity index (χ1n) is 7.44. The van der Waals surface area contributed by atoms with Crippen molar-refractivity contribution in [1.29, 1.82) is 0 Å². The summed E-state index contributed by atoms with van der Waals surface area (Å²) in [6, 6.07) is 3.97. The molecule has 0 spiro atoms. The van der Waals surface area contributed by atoms with Crippen LogP contribution in [0, 0.1) is 0 Å². The van der Waals surface area contributed by atoms with Crippen LogP contribution in [0.5, 0.6) is 11.5 Å². The summed E-state index contributed by atoms with van der Waals surface area (Å²) in [7, 11) is 1.41. The van der Waals surface area contributed by atoms with Gasteiger partial charge in [-0.15, -0.1) is 25.6 Å². The van der Waals surface area contributed by atoms with E-state index in [9.17, 15) is 18.3 Å². The number of aliphatic hydroxyl groups excluding tert-OH is 1. The molecule has 1 aliphatic heterocycles. The van der Waals surface area contributed by atoms with E-state index in [1.165, 1.54) is 19.2 Å². The lowest BCUT2D eigenvalue weighted by Gasteiger charge is -2.35. The van der Waals surface area contributed by atoms with Crippen LogP contribution in [0.3, 0.4) is 0 Å². The highest BCUT2D eigenvalue weighted by Gasteiger charge is 2.32. The monoisotopic (exact) mass is 370 g/mol. The van der Waals surface area contributed by atoms with Crippen molar-refractivity contribution in [3.63, 3.8) is 0 Å². The highest BCUT2D eigenvalue weighted by molar-refractivity contribution is 5.85. The van der Waals surface area contributed by atoms with E-state index in [-0.39, 0.29) is 30.8 Å². The average molecular weight is 371 g/mol. The molecule has 2 rings (SSSR count). The smallest absolute Gasteiger partial charge is 0.496 e. The number of alkyl halides is 3. The van der Waals surface area contributed by atoms with Gasteiger partial charge in [0, 0.05) is 50.5 Å². The Hall–Kier alpha value is -1.22. The first-order chi connectivity index (χ1) is 10.9. The minimum Gasteiger partial charge on any atom is -0.496 e. The molecule has 1 fully saturated rings. The molecule has 138 valence electrons. The Morgan fingerprint density at radius 2 is 1.96 bits per heavy atom. The second-order valence-corrected chi connectivity index (χ2v) is 5.27. The van der Waals surface area contributed by atoms with E-state index in [2.05, 4.69) is 15.0 Å². The molecule has 1 heterocycles. The molecule has 0 radical (unpaired) electrons. The summed E-state index contributed by atoms with van der Waals surface area (Å²) >= 11 is 0. The maximum absolute atomic E-state index is 12.3. The van der Waals surface area contributed by atoms with Crippen LogP contribution in [-0.4, -0.2) is 56.3 Å². The fourth-order valence-electron chi connectivity index (χ4n) is 2.81. The largest absolute Gasteiger partial charge is 0.573 e. The van der Waals surface area contributed by atoms with Gasteiger partial charge in [-0.05, 0) is 12.5 Å². The molecule has 1 aromatic rings. The summed E-state index contributed by atoms with van der Waals surface area (Å²) in [5, 5.41) is 12.6. The molecule has 0 aliphatic carbocycles. The first-order valence-corrected chi connectivity index (χ1v) is 7.44. The number of nitrogens with zero attached hydrogens (tertiary/aromatic N) is 1. The van der Waals surface area contributed by atoms with Crippen molar-refractivity contribution >= 4 is 12.4 Å². The summed E-state index contributed by atoms with van der Waals surface area (Å²) in [4.78, 5) is 2.19. The summed E-state index contributed by atoms with van der Waals surface area (Å²) < 4.78 is 46.2. The van der Waals surface area contributed by atoms with Gasteiger partial charge in [-0.2, -0.15) is 0 Å². The molecule has 5 nitrogen and oxygen atoms in total. The van der Waals surface area contributed by atoms with Crippen LogP contribution in [0.1, 0.15) is 18.0 Å². The zero-order valence-corrected chi connectivity index (χ0v) is 14.1. The van der Waals surface area contributed by atoms with Crippen LogP contribution in [-0.2, 0) is 0 Å². The molecule has 2 N–H and O–H groups in total. The van der Waals surface area contributed by atoms with Crippen LogP contribution in [0.2, 0.25) is 0 Å². The Kier molecular flexibility index (Phi) is 8.08. The van der Waals surface area contributed by atoms with Crippen molar-refractivity contribution in [2.75, 3.05) is 39.9 Å². The van der Waals surface area contributed by atoms with E-state index in [0.717, 1.165) is 31.7 Å². The quantitative estimate of drug-likeness (QED) is 0.805. The SMILES string of the molecule is COc1cc(OC(F)(F)F)ccc1[C@@H](CCO)N1CCNCC1.Cl. The maximum Gasteiger partial charge on any atom is 0.573 e. The van der Waals surface area contributed by atoms with Crippen LogP contribution in [0.15, 0.2) is 18.2 Å². The average Bonchev–Trinajstić information content (AvgIpc) is 2.52. The van der Waals surface area contributed by atoms with Gasteiger partial charge in [0.15, 0.2) is 0 Å². The molecule has 1 aliphatic rings. The van der Waals surface area contributed by atoms with Crippen molar-refractivity contribution in [3.8, 4) is 11.5 Å². The normalized spacial score (nSPS) is 17.0. The number of piperazine rings is 1. The van der Waals surface area contributed by atoms with E-state index in [1.807, 2.05) is 0 Å². The van der Waals surface area contributed by atoms with Crippen molar-refractivity contribution < 1.29 is 27.8 Å². The van der Waals surface area contributed by atoms with Crippen LogP contribution in [0.25, 0.3) is 0 Å². The summed E-state index contributed by atoms with van der Waals surface area (Å²) in [6.45, 7) is 3.25. The van der Waals surface area contributed by atoms with Crippen molar-refractivity contribution in [3.05, 3.63) is 23.8 Å². The lowest BCUT2D eigenvalue weighted by molar-refractivity contribution is -0.274. The Balaban J connectivity index is 0.00000288. The first kappa shape index (κ1) is 20.8. The minimum atomic E-state index is -4.74. The third-order valence-corrected chi connectivity index (χ3v) is 3.79. The number of rotatable bonds is 6. The Bertz CT molecular complexity index is 511. The zero-order chi connectivity index (χ0) is 16.9. The molecule has 0 amide bonds. The second kappa shape index (κ2) is 9.31. The highest BCUT2D eigenvalue weighted by atomic mass is 35.5. The molecule has 1 aromatic carbocycles. The molecule has 1 atom stereocenters. The van der Waals surface area contributed by atoms with Gasteiger partial charge < -0.3 is 19.9 Å². The number of hydrogen-bond acceptors (Lipinski definition) is 5. The van der Waals surface area contributed by atoms with Gasteiger partial charge >= 0.3 is 6.36 Å². The van der Waals surface area contributed by atoms with Crippen LogP contribution in [0.4, 0.5) is 13.2 Å². The number of ether oxygens (including phenoxy) is 2. The number of benzene rings is 1. The maximum atomic E-state index is 12.3. The molecule has 0 aromatic heterocycles. The number of aliphatic hydroxyl groups is 1. The minimum absolute atomic E-state index is 0. The highest BCUT2D eigenvalue weighted by Crippen LogP contribution is 2.36. The predicted octanol–water partition coefficient (Wildman–Crippen LogP) is 2.34. The van der Waals surface area contributed by atoms with Gasteiger partial charge in [0.2, 0.25) is 0 Å². The Morgan fingerprint density at radius 3 is 2.50 bits per heavy atom. The molecular formula is C15H22ClF3N2O3. The predicted molar refractivity (Wildman–Crippen MR) is 85.8 cm³/mol. The topological polar surface area (TPSA) is 54.0 Å².